The highest BCUT2D eigenvalue weighted by Gasteiger charge is 2.75. The molecule has 2 bridgehead atoms. The monoisotopic (exact) mass is 346 g/mol. The van der Waals surface area contributed by atoms with Gasteiger partial charge in [-0.1, -0.05) is 32.0 Å². The summed E-state index contributed by atoms with van der Waals surface area (Å²) < 4.78 is 10.8. The first-order valence-corrected chi connectivity index (χ1v) is 8.23. The van der Waals surface area contributed by atoms with Gasteiger partial charge >= 0.3 is 5.97 Å². The normalized spacial score (nSPS) is 29.0. The number of nitrogens with one attached hydrogen (secondary N) is 2. The zero-order valence-corrected chi connectivity index (χ0v) is 14.5. The largest absolute Gasteiger partial charge is 0.484 e. The molecule has 1 aliphatic heterocycles. The molecule has 2 aliphatic rings. The molecule has 0 radical (unpaired) electrons. The topological polar surface area (TPSA) is 93.7 Å². The maximum absolute atomic E-state index is 12.7. The fourth-order valence-corrected chi connectivity index (χ4v) is 3.68. The van der Waals surface area contributed by atoms with Crippen LogP contribution in [0.25, 0.3) is 0 Å². The summed E-state index contributed by atoms with van der Waals surface area (Å²) in [5.74, 6) is -0.825. The fourth-order valence-electron chi connectivity index (χ4n) is 3.68. The molecular formula is C18H22N2O5. The molecule has 1 saturated carbocycles. The van der Waals surface area contributed by atoms with Crippen molar-refractivity contribution in [2.45, 2.75) is 39.2 Å². The Hall–Kier alpha value is -2.57. The summed E-state index contributed by atoms with van der Waals surface area (Å²) in [6.07, 6.45) is 1.02. The molecule has 7 nitrogen and oxygen atoms in total. The molecule has 3 rings (SSSR count). The summed E-state index contributed by atoms with van der Waals surface area (Å²) in [4.78, 5) is 36.7. The number of rotatable bonds is 4. The van der Waals surface area contributed by atoms with Gasteiger partial charge in [-0.15, -0.1) is 0 Å². The Morgan fingerprint density at radius 2 is 1.80 bits per heavy atom. The molecule has 0 unspecified atom stereocenters. The zero-order valence-electron chi connectivity index (χ0n) is 14.5. The van der Waals surface area contributed by atoms with E-state index >= 15 is 0 Å². The lowest BCUT2D eigenvalue weighted by atomic mass is 9.66. The Morgan fingerprint density at radius 3 is 2.36 bits per heavy atom. The second-order valence-electron chi connectivity index (χ2n) is 7.28. The van der Waals surface area contributed by atoms with Crippen LogP contribution in [0.15, 0.2) is 30.3 Å². The molecule has 0 spiro atoms. The summed E-state index contributed by atoms with van der Waals surface area (Å²) in [6, 6.07) is 8.88. The van der Waals surface area contributed by atoms with Gasteiger partial charge in [0, 0.05) is 5.41 Å². The van der Waals surface area contributed by atoms with E-state index in [1.165, 1.54) is 0 Å². The van der Waals surface area contributed by atoms with Crippen molar-refractivity contribution >= 4 is 17.8 Å². The van der Waals surface area contributed by atoms with Gasteiger partial charge in [0.2, 0.25) is 0 Å². The van der Waals surface area contributed by atoms with Crippen LogP contribution in [0.3, 0.4) is 0 Å². The number of hydrazine groups is 1. The van der Waals surface area contributed by atoms with Gasteiger partial charge in [0.05, 0.1) is 5.41 Å². The van der Waals surface area contributed by atoms with E-state index in [9.17, 15) is 14.4 Å². The molecular weight excluding hydrogens is 324 g/mol. The van der Waals surface area contributed by atoms with Crippen LogP contribution in [0, 0.1) is 10.8 Å². The van der Waals surface area contributed by atoms with Crippen molar-refractivity contribution in [3.63, 3.8) is 0 Å². The summed E-state index contributed by atoms with van der Waals surface area (Å²) in [5.41, 5.74) is 2.09. The van der Waals surface area contributed by atoms with Crippen molar-refractivity contribution in [2.75, 3.05) is 6.61 Å². The van der Waals surface area contributed by atoms with Crippen molar-refractivity contribution < 1.29 is 23.9 Å². The number of carbonyl (C=O) groups excluding carboxylic acids is 3. The quantitative estimate of drug-likeness (QED) is 0.634. The van der Waals surface area contributed by atoms with Crippen LogP contribution in [0.2, 0.25) is 0 Å². The van der Waals surface area contributed by atoms with Crippen LogP contribution < -0.4 is 15.6 Å². The van der Waals surface area contributed by atoms with E-state index < -0.39 is 28.2 Å². The third-order valence-electron chi connectivity index (χ3n) is 5.88. The minimum atomic E-state index is -1.26. The summed E-state index contributed by atoms with van der Waals surface area (Å²) in [5, 5.41) is 0. The van der Waals surface area contributed by atoms with Crippen molar-refractivity contribution in [3.05, 3.63) is 30.3 Å². The van der Waals surface area contributed by atoms with Gasteiger partial charge in [-0.3, -0.25) is 25.2 Å². The van der Waals surface area contributed by atoms with Gasteiger partial charge in [0.1, 0.15) is 5.75 Å². The van der Waals surface area contributed by atoms with E-state index in [-0.39, 0.29) is 12.6 Å². The van der Waals surface area contributed by atoms with E-state index in [2.05, 4.69) is 10.9 Å². The van der Waals surface area contributed by atoms with Gasteiger partial charge in [-0.25, -0.2) is 0 Å². The molecule has 134 valence electrons. The molecule has 1 aromatic carbocycles. The third-order valence-corrected chi connectivity index (χ3v) is 5.88. The Kier molecular flexibility index (Phi) is 3.97. The van der Waals surface area contributed by atoms with Crippen molar-refractivity contribution in [3.8, 4) is 5.75 Å². The molecule has 2 atom stereocenters. The Labute approximate surface area is 146 Å². The smallest absolute Gasteiger partial charge is 0.313 e. The minimum Gasteiger partial charge on any atom is -0.484 e. The van der Waals surface area contributed by atoms with E-state index in [1.807, 2.05) is 26.8 Å². The van der Waals surface area contributed by atoms with E-state index in [1.54, 1.807) is 24.3 Å². The number of ether oxygens (including phenoxy) is 2. The van der Waals surface area contributed by atoms with E-state index in [0.29, 0.717) is 18.6 Å². The number of hydrogen-bond acceptors (Lipinski definition) is 5. The maximum Gasteiger partial charge on any atom is 0.313 e. The number of esters is 1. The first-order chi connectivity index (χ1) is 11.7. The number of carbonyl (C=O) groups is 3. The molecule has 0 aromatic heterocycles. The maximum atomic E-state index is 12.7. The van der Waals surface area contributed by atoms with Crippen LogP contribution in [0.4, 0.5) is 0 Å². The van der Waals surface area contributed by atoms with Gasteiger partial charge in [0.15, 0.2) is 12.2 Å². The van der Waals surface area contributed by atoms with E-state index in [4.69, 9.17) is 9.47 Å². The Bertz CT molecular complexity index is 717. The number of benzene rings is 1. The molecule has 2 amide bonds. The van der Waals surface area contributed by atoms with Crippen LogP contribution in [0.5, 0.6) is 5.75 Å². The van der Waals surface area contributed by atoms with E-state index in [0.717, 1.165) is 0 Å². The molecule has 2 N–H and O–H groups in total. The van der Waals surface area contributed by atoms with Crippen molar-refractivity contribution in [2.24, 2.45) is 10.8 Å². The molecule has 1 aromatic rings. The molecule has 1 aliphatic carbocycles. The van der Waals surface area contributed by atoms with Crippen molar-refractivity contribution in [1.82, 2.24) is 10.9 Å². The van der Waals surface area contributed by atoms with Crippen molar-refractivity contribution in [1.29, 1.82) is 0 Å². The number of fused-ring (bicyclic) bond motifs is 2. The predicted octanol–water partition coefficient (Wildman–Crippen LogP) is 1.33. The molecule has 7 heteroatoms. The highest BCUT2D eigenvalue weighted by Crippen LogP contribution is 2.65. The SMILES string of the molecule is CC1(C)[C@@]2(C)CC[C@]1(C(=O)NNC(=O)COc1ccccc1)OC2=O. The molecule has 25 heavy (non-hydrogen) atoms. The summed E-state index contributed by atoms with van der Waals surface area (Å²) in [6.45, 7) is 5.29. The van der Waals surface area contributed by atoms with Gasteiger partial charge in [0.25, 0.3) is 11.8 Å². The standard InChI is InChI=1S/C18H22N2O5/c1-16(2)17(3)9-10-18(16,25-15(17)23)14(22)20-19-13(21)11-24-12-7-5-4-6-8-12/h4-8H,9-11H2,1-3H3,(H,19,21)(H,20,22)/t17-,18+/m0/s1. The number of amides is 2. The summed E-state index contributed by atoms with van der Waals surface area (Å²) >= 11 is 0. The van der Waals surface area contributed by atoms with Crippen LogP contribution in [0.1, 0.15) is 33.6 Å². The van der Waals surface area contributed by atoms with Gasteiger partial charge in [-0.2, -0.15) is 0 Å². The second kappa shape index (κ2) is 5.75. The Balaban J connectivity index is 1.58. The lowest BCUT2D eigenvalue weighted by Crippen LogP contribution is -2.58. The lowest BCUT2D eigenvalue weighted by molar-refractivity contribution is -0.169. The lowest BCUT2D eigenvalue weighted by Gasteiger charge is -2.35. The predicted molar refractivity (Wildman–Crippen MR) is 88.2 cm³/mol. The van der Waals surface area contributed by atoms with Gasteiger partial charge in [-0.05, 0) is 31.9 Å². The second-order valence-corrected chi connectivity index (χ2v) is 7.28. The first kappa shape index (κ1) is 17.3. The average molecular weight is 346 g/mol. The fraction of sp³-hybridized carbons (Fsp3) is 0.500. The highest BCUT2D eigenvalue weighted by molar-refractivity contribution is 5.97. The molecule has 2 fully saturated rings. The van der Waals surface area contributed by atoms with Crippen LogP contribution in [-0.4, -0.2) is 30.0 Å². The summed E-state index contributed by atoms with van der Waals surface area (Å²) in [7, 11) is 0. The van der Waals surface area contributed by atoms with Crippen LogP contribution in [-0.2, 0) is 19.1 Å². The number of para-hydroxylation sites is 1. The highest BCUT2D eigenvalue weighted by atomic mass is 16.6. The molecule has 1 heterocycles. The average Bonchev–Trinajstić information content (AvgIpc) is 2.89. The third kappa shape index (κ3) is 2.45. The Morgan fingerprint density at radius 1 is 1.12 bits per heavy atom. The van der Waals surface area contributed by atoms with Gasteiger partial charge < -0.3 is 9.47 Å². The minimum absolute atomic E-state index is 0.238. The zero-order chi connectivity index (χ0) is 18.3. The first-order valence-electron chi connectivity index (χ1n) is 8.23. The number of hydrogen-bond donors (Lipinski definition) is 2. The molecule has 1 saturated heterocycles. The van der Waals surface area contributed by atoms with Crippen LogP contribution >= 0.6 is 0 Å².